The Kier molecular flexibility index (Phi) is 13.1. The molecule has 0 N–H and O–H groups in total. The van der Waals surface area contributed by atoms with Crippen LogP contribution in [0, 0.1) is 5.92 Å². The summed E-state index contributed by atoms with van der Waals surface area (Å²) in [6.45, 7) is 12.0. The van der Waals surface area contributed by atoms with Crippen molar-refractivity contribution in [2.75, 3.05) is 6.61 Å². The molecule has 0 aliphatic rings. The first-order valence-corrected chi connectivity index (χ1v) is 8.64. The van der Waals surface area contributed by atoms with E-state index in [1.165, 1.54) is 0 Å². The van der Waals surface area contributed by atoms with Gasteiger partial charge in [0.2, 0.25) is 0 Å². The normalized spacial score (nSPS) is 11.8. The molecular weight excluding hydrogens is 292 g/mol. The van der Waals surface area contributed by atoms with Crippen LogP contribution in [0.2, 0.25) is 0 Å². The molecule has 0 spiro atoms. The van der Waals surface area contributed by atoms with Crippen LogP contribution < -0.4 is 0 Å². The summed E-state index contributed by atoms with van der Waals surface area (Å²) in [4.78, 5) is 23.5. The van der Waals surface area contributed by atoms with Crippen LogP contribution in [0.25, 0.3) is 0 Å². The fourth-order valence-corrected chi connectivity index (χ4v) is 2.19. The number of rotatable bonds is 14. The van der Waals surface area contributed by atoms with E-state index in [2.05, 4.69) is 27.0 Å². The number of ether oxygens (including phenoxy) is 2. The molecule has 0 aromatic carbocycles. The predicted octanol–water partition coefficient (Wildman–Crippen LogP) is 4.59. The van der Waals surface area contributed by atoms with Crippen LogP contribution in [0.3, 0.4) is 0 Å². The Morgan fingerprint density at radius 3 is 2.17 bits per heavy atom. The van der Waals surface area contributed by atoms with Gasteiger partial charge in [0.15, 0.2) is 0 Å². The molecule has 0 saturated heterocycles. The maximum atomic E-state index is 11.7. The maximum Gasteiger partial charge on any atom is 0.306 e. The monoisotopic (exact) mass is 324 g/mol. The van der Waals surface area contributed by atoms with Crippen LogP contribution in [0.15, 0.2) is 25.3 Å². The summed E-state index contributed by atoms with van der Waals surface area (Å²) in [6, 6.07) is 0. The van der Waals surface area contributed by atoms with E-state index in [1.807, 2.05) is 0 Å². The summed E-state index contributed by atoms with van der Waals surface area (Å²) in [7, 11) is 0. The van der Waals surface area contributed by atoms with Gasteiger partial charge < -0.3 is 9.47 Å². The highest BCUT2D eigenvalue weighted by atomic mass is 16.5. The molecule has 0 rings (SSSR count). The van der Waals surface area contributed by atoms with Gasteiger partial charge in [0.05, 0.1) is 19.4 Å². The van der Waals surface area contributed by atoms with E-state index < -0.39 is 0 Å². The minimum Gasteiger partial charge on any atom is -0.465 e. The average molecular weight is 324 g/mol. The molecule has 0 aliphatic heterocycles. The number of unbranched alkanes of at least 4 members (excludes halogenated alkanes) is 1. The quantitative estimate of drug-likeness (QED) is 0.346. The van der Waals surface area contributed by atoms with E-state index in [1.54, 1.807) is 12.2 Å². The fourth-order valence-electron chi connectivity index (χ4n) is 2.19. The van der Waals surface area contributed by atoms with Gasteiger partial charge in [-0.3, -0.25) is 9.59 Å². The van der Waals surface area contributed by atoms with Gasteiger partial charge in [-0.2, -0.15) is 0 Å². The molecule has 0 heterocycles. The summed E-state index contributed by atoms with van der Waals surface area (Å²) in [6.07, 6.45) is 8.82. The van der Waals surface area contributed by atoms with Crippen LogP contribution in [0.4, 0.5) is 0 Å². The van der Waals surface area contributed by atoms with Crippen molar-refractivity contribution in [2.24, 2.45) is 5.92 Å². The van der Waals surface area contributed by atoms with Crippen molar-refractivity contribution in [1.82, 2.24) is 0 Å². The Bertz CT molecular complexity index is 352. The minimum atomic E-state index is -0.381. The molecule has 0 saturated carbocycles. The van der Waals surface area contributed by atoms with Gasteiger partial charge in [0.25, 0.3) is 0 Å². The zero-order chi connectivity index (χ0) is 17.5. The molecule has 0 radical (unpaired) electrons. The van der Waals surface area contributed by atoms with Crippen molar-refractivity contribution < 1.29 is 19.1 Å². The largest absolute Gasteiger partial charge is 0.465 e. The van der Waals surface area contributed by atoms with E-state index in [9.17, 15) is 9.59 Å². The Morgan fingerprint density at radius 1 is 1.04 bits per heavy atom. The predicted molar refractivity (Wildman–Crippen MR) is 93.0 cm³/mol. The molecule has 0 amide bonds. The summed E-state index contributed by atoms with van der Waals surface area (Å²) in [5.74, 6) is -0.301. The van der Waals surface area contributed by atoms with E-state index in [0.717, 1.165) is 25.7 Å². The summed E-state index contributed by atoms with van der Waals surface area (Å²) < 4.78 is 10.6. The molecule has 4 heteroatoms. The van der Waals surface area contributed by atoms with Gasteiger partial charge in [-0.05, 0) is 12.3 Å². The highest BCUT2D eigenvalue weighted by Gasteiger charge is 2.15. The van der Waals surface area contributed by atoms with Gasteiger partial charge in [-0.25, -0.2) is 0 Å². The van der Waals surface area contributed by atoms with Gasteiger partial charge >= 0.3 is 11.9 Å². The van der Waals surface area contributed by atoms with Crippen molar-refractivity contribution in [3.63, 3.8) is 0 Å². The van der Waals surface area contributed by atoms with Gasteiger partial charge in [0, 0.05) is 12.8 Å². The van der Waals surface area contributed by atoms with E-state index >= 15 is 0 Å². The molecule has 0 aromatic heterocycles. The van der Waals surface area contributed by atoms with Crippen LogP contribution in [0.5, 0.6) is 0 Å². The van der Waals surface area contributed by atoms with E-state index in [4.69, 9.17) is 9.47 Å². The summed E-state index contributed by atoms with van der Waals surface area (Å²) in [5, 5.41) is 0. The average Bonchev–Trinajstić information content (AvgIpc) is 2.53. The fraction of sp³-hybridized carbons (Fsp3) is 0.684. The standard InChI is InChI=1S/C19H32O4/c1-5-9-12-16(8-4)15-22-18(20)13-14-19(21)23-17(10-6-2)11-7-3/h6-7,16-17H,2-3,5,8-15H2,1,4H3. The molecule has 1 unspecified atom stereocenters. The molecule has 0 aromatic rings. The maximum absolute atomic E-state index is 11.7. The zero-order valence-electron chi connectivity index (χ0n) is 14.7. The molecular formula is C19H32O4. The summed E-state index contributed by atoms with van der Waals surface area (Å²) in [5.41, 5.74) is 0. The Morgan fingerprint density at radius 2 is 1.65 bits per heavy atom. The zero-order valence-corrected chi connectivity index (χ0v) is 14.7. The van der Waals surface area contributed by atoms with Crippen LogP contribution >= 0.6 is 0 Å². The number of esters is 2. The van der Waals surface area contributed by atoms with Crippen LogP contribution in [0.1, 0.15) is 65.2 Å². The first kappa shape index (κ1) is 21.4. The van der Waals surface area contributed by atoms with Crippen LogP contribution in [-0.4, -0.2) is 24.6 Å². The molecule has 4 nitrogen and oxygen atoms in total. The number of carbonyl (C=O) groups excluding carboxylic acids is 2. The second kappa shape index (κ2) is 14.0. The third kappa shape index (κ3) is 11.6. The first-order chi connectivity index (χ1) is 11.1. The molecule has 1 atom stereocenters. The van der Waals surface area contributed by atoms with Crippen molar-refractivity contribution in [3.05, 3.63) is 25.3 Å². The smallest absolute Gasteiger partial charge is 0.306 e. The SMILES string of the molecule is C=CCC(CC=C)OC(=O)CCC(=O)OCC(CC)CCCC. The second-order valence-corrected chi connectivity index (χ2v) is 5.76. The Hall–Kier alpha value is -1.58. The third-order valence-corrected chi connectivity index (χ3v) is 3.71. The lowest BCUT2D eigenvalue weighted by Gasteiger charge is -2.15. The highest BCUT2D eigenvalue weighted by Crippen LogP contribution is 2.13. The molecule has 0 fully saturated rings. The van der Waals surface area contributed by atoms with E-state index in [-0.39, 0.29) is 30.9 Å². The molecule has 0 bridgehead atoms. The lowest BCUT2D eigenvalue weighted by molar-refractivity contribution is -0.154. The Balaban J connectivity index is 4.00. The molecule has 132 valence electrons. The van der Waals surface area contributed by atoms with Crippen LogP contribution in [-0.2, 0) is 19.1 Å². The topological polar surface area (TPSA) is 52.6 Å². The molecule has 0 aliphatic carbocycles. The van der Waals surface area contributed by atoms with Gasteiger partial charge in [-0.1, -0.05) is 45.3 Å². The third-order valence-electron chi connectivity index (χ3n) is 3.71. The number of hydrogen-bond acceptors (Lipinski definition) is 4. The van der Waals surface area contributed by atoms with Gasteiger partial charge in [-0.15, -0.1) is 13.2 Å². The Labute approximate surface area is 140 Å². The molecule has 23 heavy (non-hydrogen) atoms. The van der Waals surface area contributed by atoms with Crippen molar-refractivity contribution >= 4 is 11.9 Å². The van der Waals surface area contributed by atoms with Gasteiger partial charge in [0.1, 0.15) is 6.10 Å². The highest BCUT2D eigenvalue weighted by molar-refractivity contribution is 5.77. The minimum absolute atomic E-state index is 0.0510. The lowest BCUT2D eigenvalue weighted by atomic mass is 10.0. The van der Waals surface area contributed by atoms with Crippen molar-refractivity contribution in [1.29, 1.82) is 0 Å². The van der Waals surface area contributed by atoms with Crippen molar-refractivity contribution in [2.45, 2.75) is 71.3 Å². The van der Waals surface area contributed by atoms with E-state index in [0.29, 0.717) is 25.4 Å². The number of hydrogen-bond donors (Lipinski definition) is 0. The lowest BCUT2D eigenvalue weighted by Crippen LogP contribution is -2.19. The number of carbonyl (C=O) groups is 2. The van der Waals surface area contributed by atoms with Crippen molar-refractivity contribution in [3.8, 4) is 0 Å². The second-order valence-electron chi connectivity index (χ2n) is 5.76. The first-order valence-electron chi connectivity index (χ1n) is 8.64. The summed E-state index contributed by atoms with van der Waals surface area (Å²) >= 11 is 0.